The second kappa shape index (κ2) is 14.6. The second-order valence-corrected chi connectivity index (χ2v) is 11.4. The lowest BCUT2D eigenvalue weighted by atomic mass is 9.81. The molecule has 0 aromatic heterocycles. The van der Waals surface area contributed by atoms with E-state index in [9.17, 15) is 19.2 Å². The quantitative estimate of drug-likeness (QED) is 0.298. The van der Waals surface area contributed by atoms with Gasteiger partial charge in [-0.05, 0) is 43.4 Å². The van der Waals surface area contributed by atoms with Crippen LogP contribution in [0.1, 0.15) is 56.1 Å². The van der Waals surface area contributed by atoms with Gasteiger partial charge in [0.1, 0.15) is 12.3 Å². The van der Waals surface area contributed by atoms with Gasteiger partial charge in [-0.15, -0.1) is 0 Å². The molecular formula is C31H36ClF2N3O5. The monoisotopic (exact) mass is 603 g/mol. The summed E-state index contributed by atoms with van der Waals surface area (Å²) in [7, 11) is 0. The number of ether oxygens (including phenoxy) is 1. The Balaban J connectivity index is 1.52. The van der Waals surface area contributed by atoms with E-state index in [2.05, 4.69) is 16.0 Å². The van der Waals surface area contributed by atoms with E-state index in [4.69, 9.17) is 16.3 Å². The fourth-order valence-corrected chi connectivity index (χ4v) is 5.91. The van der Waals surface area contributed by atoms with Crippen LogP contribution >= 0.6 is 11.6 Å². The number of benzene rings is 2. The van der Waals surface area contributed by atoms with Gasteiger partial charge in [0.15, 0.2) is 6.10 Å². The highest BCUT2D eigenvalue weighted by molar-refractivity contribution is 6.30. The highest BCUT2D eigenvalue weighted by Gasteiger charge is 2.49. The number of halogens is 3. The fourth-order valence-electron chi connectivity index (χ4n) is 5.72. The minimum atomic E-state index is -3.54. The summed E-state index contributed by atoms with van der Waals surface area (Å²) in [5.74, 6) is -5.42. The van der Waals surface area contributed by atoms with Crippen LogP contribution in [0.25, 0.3) is 0 Å². The molecule has 2 aromatic carbocycles. The Morgan fingerprint density at radius 1 is 1.05 bits per heavy atom. The van der Waals surface area contributed by atoms with Crippen molar-refractivity contribution in [2.45, 2.75) is 75.5 Å². The van der Waals surface area contributed by atoms with Crippen molar-refractivity contribution in [2.24, 2.45) is 11.8 Å². The number of carbonyl (C=O) groups excluding carboxylic acids is 4. The van der Waals surface area contributed by atoms with Gasteiger partial charge in [0.05, 0.1) is 6.04 Å². The molecule has 2 aliphatic rings. The average molecular weight is 604 g/mol. The van der Waals surface area contributed by atoms with Gasteiger partial charge in [0.2, 0.25) is 11.8 Å². The zero-order chi connectivity index (χ0) is 30.1. The molecule has 4 atom stereocenters. The molecule has 226 valence electrons. The summed E-state index contributed by atoms with van der Waals surface area (Å²) in [6, 6.07) is 12.0. The molecule has 1 aliphatic carbocycles. The summed E-state index contributed by atoms with van der Waals surface area (Å²) in [5, 5.41) is 7.91. The molecule has 1 saturated heterocycles. The highest BCUT2D eigenvalue weighted by atomic mass is 35.5. The number of hydrogen-bond acceptors (Lipinski definition) is 5. The maximum atomic E-state index is 15.9. The number of amides is 3. The third kappa shape index (κ3) is 8.27. The Morgan fingerprint density at radius 2 is 1.79 bits per heavy atom. The average Bonchev–Trinajstić information content (AvgIpc) is 3.39. The van der Waals surface area contributed by atoms with Gasteiger partial charge >= 0.3 is 12.0 Å². The Bertz CT molecular complexity index is 1240. The summed E-state index contributed by atoms with van der Waals surface area (Å²) in [6.45, 7) is 0.495. The van der Waals surface area contributed by atoms with E-state index in [1.807, 2.05) is 0 Å². The van der Waals surface area contributed by atoms with Crippen LogP contribution in [-0.2, 0) is 31.5 Å². The van der Waals surface area contributed by atoms with Crippen LogP contribution < -0.4 is 16.0 Å². The predicted molar refractivity (Wildman–Crippen MR) is 153 cm³/mol. The number of rotatable bonds is 12. The lowest BCUT2D eigenvalue weighted by Crippen LogP contribution is -2.53. The Hall–Kier alpha value is -3.53. The third-order valence-electron chi connectivity index (χ3n) is 7.96. The first-order valence-electron chi connectivity index (χ1n) is 14.4. The van der Waals surface area contributed by atoms with E-state index in [1.54, 1.807) is 30.3 Å². The number of alkyl carbamates (subject to hydrolysis) is 1. The van der Waals surface area contributed by atoms with Gasteiger partial charge in [0.25, 0.3) is 0 Å². The molecule has 2 fully saturated rings. The molecule has 0 bridgehead atoms. The Morgan fingerprint density at radius 3 is 2.43 bits per heavy atom. The summed E-state index contributed by atoms with van der Waals surface area (Å²) >= 11 is 6.00. The van der Waals surface area contributed by atoms with Crippen LogP contribution in [0.15, 0.2) is 54.6 Å². The lowest BCUT2D eigenvalue weighted by Gasteiger charge is -2.35. The van der Waals surface area contributed by atoms with Crippen molar-refractivity contribution in [1.29, 1.82) is 0 Å². The molecule has 4 rings (SSSR count). The number of carbonyl (C=O) groups is 4. The van der Waals surface area contributed by atoms with E-state index < -0.39 is 47.9 Å². The maximum Gasteiger partial charge on any atom is 0.408 e. The fraction of sp³-hybridized carbons (Fsp3) is 0.484. The maximum absolute atomic E-state index is 15.9. The summed E-state index contributed by atoms with van der Waals surface area (Å²) in [5.41, 5.74) is 0.339. The summed E-state index contributed by atoms with van der Waals surface area (Å²) in [4.78, 5) is 50.3. The molecule has 0 radical (unpaired) electrons. The van der Waals surface area contributed by atoms with Gasteiger partial charge in [-0.25, -0.2) is 4.79 Å². The molecule has 2 aromatic rings. The van der Waals surface area contributed by atoms with E-state index in [1.165, 1.54) is 18.2 Å². The summed E-state index contributed by atoms with van der Waals surface area (Å²) in [6.07, 6.45) is 1.61. The van der Waals surface area contributed by atoms with E-state index in [-0.39, 0.29) is 29.3 Å². The van der Waals surface area contributed by atoms with Crippen molar-refractivity contribution in [2.75, 3.05) is 6.54 Å². The van der Waals surface area contributed by atoms with E-state index in [0.717, 1.165) is 25.3 Å². The molecule has 3 amide bonds. The van der Waals surface area contributed by atoms with Crippen molar-refractivity contribution in [3.05, 3.63) is 70.7 Å². The number of nitrogens with one attached hydrogen (secondary N) is 3. The van der Waals surface area contributed by atoms with Crippen LogP contribution in [0.5, 0.6) is 0 Å². The molecule has 3 N–H and O–H groups in total. The van der Waals surface area contributed by atoms with Crippen molar-refractivity contribution < 1.29 is 32.7 Å². The van der Waals surface area contributed by atoms with E-state index >= 15 is 8.78 Å². The topological polar surface area (TPSA) is 114 Å². The van der Waals surface area contributed by atoms with Crippen LogP contribution in [0.3, 0.4) is 0 Å². The highest BCUT2D eigenvalue weighted by Crippen LogP contribution is 2.42. The molecule has 8 nitrogen and oxygen atoms in total. The van der Waals surface area contributed by atoms with Gasteiger partial charge in [-0.2, -0.15) is 8.78 Å². The van der Waals surface area contributed by atoms with Crippen molar-refractivity contribution in [1.82, 2.24) is 16.0 Å². The molecule has 1 saturated carbocycles. The molecule has 11 heteroatoms. The van der Waals surface area contributed by atoms with Crippen LogP contribution in [-0.4, -0.2) is 48.9 Å². The van der Waals surface area contributed by atoms with Crippen molar-refractivity contribution in [3.63, 3.8) is 0 Å². The van der Waals surface area contributed by atoms with Gasteiger partial charge < -0.3 is 25.5 Å². The first kappa shape index (κ1) is 31.4. The van der Waals surface area contributed by atoms with Crippen molar-refractivity contribution in [3.8, 4) is 0 Å². The molecular weight excluding hydrogens is 568 g/mol. The lowest BCUT2D eigenvalue weighted by molar-refractivity contribution is -0.145. The molecule has 1 heterocycles. The number of hydrogen-bond donors (Lipinski definition) is 3. The largest absolute Gasteiger partial charge is 0.439 e. The molecule has 1 aliphatic heterocycles. The van der Waals surface area contributed by atoms with E-state index in [0.29, 0.717) is 37.7 Å². The Labute approximate surface area is 248 Å². The van der Waals surface area contributed by atoms with Gasteiger partial charge in [-0.1, -0.05) is 73.3 Å². The minimum absolute atomic E-state index is 0.0239. The van der Waals surface area contributed by atoms with Crippen LogP contribution in [0, 0.1) is 11.8 Å². The second-order valence-electron chi connectivity index (χ2n) is 11.0. The first-order valence-corrected chi connectivity index (χ1v) is 14.7. The van der Waals surface area contributed by atoms with Crippen LogP contribution in [0.2, 0.25) is 5.02 Å². The zero-order valence-corrected chi connectivity index (χ0v) is 24.0. The van der Waals surface area contributed by atoms with Crippen molar-refractivity contribution >= 4 is 35.8 Å². The minimum Gasteiger partial charge on any atom is -0.439 e. The predicted octanol–water partition coefficient (Wildman–Crippen LogP) is 4.93. The van der Waals surface area contributed by atoms with Gasteiger partial charge in [-0.3, -0.25) is 9.59 Å². The van der Waals surface area contributed by atoms with Gasteiger partial charge in [0, 0.05) is 35.4 Å². The smallest absolute Gasteiger partial charge is 0.408 e. The van der Waals surface area contributed by atoms with Crippen LogP contribution in [0.4, 0.5) is 13.6 Å². The normalized spacial score (nSPS) is 19.7. The molecule has 42 heavy (non-hydrogen) atoms. The summed E-state index contributed by atoms with van der Waals surface area (Å²) < 4.78 is 37.3. The zero-order valence-electron chi connectivity index (χ0n) is 23.2. The SMILES string of the molecule is O=C[C@H](C[C@@H]1CCNC1=O)NC(=O)[C@H](Cc1ccccc1)NC(=O)OC(C1CCCCC1)C(F)(F)c1cccc(Cl)c1. The Kier molecular flexibility index (Phi) is 10.9. The number of alkyl halides is 2. The molecule has 1 unspecified atom stereocenters. The number of aldehydes is 1. The molecule has 0 spiro atoms. The first-order chi connectivity index (χ1) is 20.2. The third-order valence-corrected chi connectivity index (χ3v) is 8.20. The standard InChI is InChI=1S/C31H36ClF2N3O5/c32-24-13-7-12-23(18-24)31(33,34)27(21-10-5-2-6-11-21)42-30(41)37-26(16-20-8-3-1-4-9-20)29(40)36-25(19-38)17-22-14-15-35-28(22)39/h1,3-4,7-9,12-13,18-19,21-22,25-27H,2,5-6,10-11,14-17H2,(H,35,39)(H,36,40)(H,37,41)/t22-,25-,26-,27?/m0/s1.